The predicted octanol–water partition coefficient (Wildman–Crippen LogP) is 2.13. The minimum absolute atomic E-state index is 0.0761. The summed E-state index contributed by atoms with van der Waals surface area (Å²) in [5, 5.41) is 8.76. The molecule has 0 radical (unpaired) electrons. The minimum atomic E-state index is -0.311. The van der Waals surface area contributed by atoms with Gasteiger partial charge in [0.15, 0.2) is 0 Å². The van der Waals surface area contributed by atoms with Gasteiger partial charge in [0.2, 0.25) is 0 Å². The van der Waals surface area contributed by atoms with E-state index in [9.17, 15) is 4.79 Å². The fraction of sp³-hybridized carbons (Fsp3) is 0.385. The summed E-state index contributed by atoms with van der Waals surface area (Å²) in [5.74, 6) is -0.0181. The Morgan fingerprint density at radius 1 is 1.44 bits per heavy atom. The fourth-order valence-corrected chi connectivity index (χ4v) is 1.90. The Hall–Kier alpha value is -1.82. The Morgan fingerprint density at radius 3 is 2.81 bits per heavy atom. The van der Waals surface area contributed by atoms with Crippen molar-refractivity contribution >= 4 is 5.97 Å². The first-order chi connectivity index (χ1) is 7.61. The van der Waals surface area contributed by atoms with Crippen LogP contribution >= 0.6 is 0 Å². The SMILES string of the molecule is CC(C)C1=CC2C=CC(C#N)=CC2OC1=O. The summed E-state index contributed by atoms with van der Waals surface area (Å²) in [6.07, 6.45) is 7.03. The number of carbonyl (C=O) groups is 1. The number of hydrogen-bond donors (Lipinski definition) is 0. The zero-order valence-electron chi connectivity index (χ0n) is 9.31. The van der Waals surface area contributed by atoms with E-state index in [1.54, 1.807) is 12.2 Å². The van der Waals surface area contributed by atoms with Crippen LogP contribution in [0.2, 0.25) is 0 Å². The fourth-order valence-electron chi connectivity index (χ4n) is 1.90. The number of nitrogens with zero attached hydrogens (tertiary/aromatic N) is 1. The van der Waals surface area contributed by atoms with Gasteiger partial charge in [-0.15, -0.1) is 0 Å². The molecule has 0 aromatic heterocycles. The van der Waals surface area contributed by atoms with E-state index in [4.69, 9.17) is 10.00 Å². The van der Waals surface area contributed by atoms with Crippen LogP contribution in [0.5, 0.6) is 0 Å². The van der Waals surface area contributed by atoms with Crippen molar-refractivity contribution in [3.8, 4) is 6.07 Å². The number of allylic oxidation sites excluding steroid dienone is 2. The highest BCUT2D eigenvalue weighted by atomic mass is 16.5. The number of fused-ring (bicyclic) bond motifs is 1. The Balaban J connectivity index is 2.31. The van der Waals surface area contributed by atoms with Crippen molar-refractivity contribution in [2.75, 3.05) is 0 Å². The molecule has 3 nitrogen and oxygen atoms in total. The summed E-state index contributed by atoms with van der Waals surface area (Å²) in [5.41, 5.74) is 1.27. The Bertz CT molecular complexity index is 449. The summed E-state index contributed by atoms with van der Waals surface area (Å²) in [4.78, 5) is 11.7. The first-order valence-corrected chi connectivity index (χ1v) is 5.34. The number of ether oxygens (including phenoxy) is 1. The van der Waals surface area contributed by atoms with Gasteiger partial charge >= 0.3 is 5.97 Å². The van der Waals surface area contributed by atoms with Crippen LogP contribution in [-0.2, 0) is 9.53 Å². The highest BCUT2D eigenvalue weighted by molar-refractivity contribution is 5.90. The molecular formula is C13H13NO2. The maximum atomic E-state index is 11.7. The van der Waals surface area contributed by atoms with Crippen LogP contribution in [0.3, 0.4) is 0 Å². The standard InChI is InChI=1S/C13H13NO2/c1-8(2)11-6-10-4-3-9(7-14)5-12(10)16-13(11)15/h3-6,8,10,12H,1-2H3. The predicted molar refractivity (Wildman–Crippen MR) is 59.1 cm³/mol. The highest BCUT2D eigenvalue weighted by Crippen LogP contribution is 2.29. The smallest absolute Gasteiger partial charge is 0.334 e. The lowest BCUT2D eigenvalue weighted by Gasteiger charge is -2.29. The third-order valence-electron chi connectivity index (χ3n) is 2.82. The molecule has 0 bridgehead atoms. The molecule has 3 heteroatoms. The van der Waals surface area contributed by atoms with Crippen LogP contribution < -0.4 is 0 Å². The molecule has 0 aromatic carbocycles. The number of rotatable bonds is 1. The van der Waals surface area contributed by atoms with Gasteiger partial charge in [-0.05, 0) is 18.1 Å². The van der Waals surface area contributed by atoms with Gasteiger partial charge in [0.1, 0.15) is 6.10 Å². The molecule has 0 aromatic rings. The van der Waals surface area contributed by atoms with Gasteiger partial charge in [-0.3, -0.25) is 0 Å². The molecule has 82 valence electrons. The first kappa shape index (κ1) is 10.7. The number of hydrogen-bond acceptors (Lipinski definition) is 3. The molecule has 1 aliphatic carbocycles. The van der Waals surface area contributed by atoms with Crippen molar-refractivity contribution < 1.29 is 9.53 Å². The van der Waals surface area contributed by atoms with Crippen LogP contribution in [0.4, 0.5) is 0 Å². The average Bonchev–Trinajstić information content (AvgIpc) is 2.27. The molecule has 2 aliphatic rings. The normalized spacial score (nSPS) is 27.8. The molecule has 1 aliphatic heterocycles. The van der Waals surface area contributed by atoms with Crippen molar-refractivity contribution in [3.05, 3.63) is 35.5 Å². The molecular weight excluding hydrogens is 202 g/mol. The zero-order chi connectivity index (χ0) is 11.7. The number of nitriles is 1. The second-order valence-corrected chi connectivity index (χ2v) is 4.32. The van der Waals surface area contributed by atoms with E-state index in [0.717, 1.165) is 5.57 Å². The molecule has 0 N–H and O–H groups in total. The van der Waals surface area contributed by atoms with Crippen molar-refractivity contribution in [2.45, 2.75) is 20.0 Å². The summed E-state index contributed by atoms with van der Waals surface area (Å²) in [7, 11) is 0. The van der Waals surface area contributed by atoms with Crippen LogP contribution in [0.1, 0.15) is 13.8 Å². The van der Waals surface area contributed by atoms with Crippen LogP contribution in [0.25, 0.3) is 0 Å². The lowest BCUT2D eigenvalue weighted by molar-refractivity contribution is -0.145. The van der Waals surface area contributed by atoms with E-state index in [2.05, 4.69) is 0 Å². The lowest BCUT2D eigenvalue weighted by Crippen LogP contribution is -2.32. The zero-order valence-corrected chi connectivity index (χ0v) is 9.31. The van der Waals surface area contributed by atoms with Crippen molar-refractivity contribution in [1.29, 1.82) is 5.26 Å². The Labute approximate surface area is 94.7 Å². The largest absolute Gasteiger partial charge is 0.454 e. The molecule has 0 amide bonds. The molecule has 1 heterocycles. The molecule has 2 rings (SSSR count). The van der Waals surface area contributed by atoms with E-state index in [1.807, 2.05) is 32.1 Å². The van der Waals surface area contributed by atoms with Gasteiger partial charge in [0.05, 0.1) is 11.6 Å². The molecule has 16 heavy (non-hydrogen) atoms. The molecule has 0 saturated heterocycles. The molecule has 2 unspecified atom stereocenters. The molecule has 2 atom stereocenters. The van der Waals surface area contributed by atoms with Crippen LogP contribution in [0, 0.1) is 23.2 Å². The monoisotopic (exact) mass is 215 g/mol. The highest BCUT2D eigenvalue weighted by Gasteiger charge is 2.31. The van der Waals surface area contributed by atoms with Gasteiger partial charge in [-0.2, -0.15) is 5.26 Å². The van der Waals surface area contributed by atoms with Gasteiger partial charge < -0.3 is 4.74 Å². The maximum Gasteiger partial charge on any atom is 0.334 e. The summed E-state index contributed by atoms with van der Waals surface area (Å²) < 4.78 is 5.31. The topological polar surface area (TPSA) is 50.1 Å². The van der Waals surface area contributed by atoms with Gasteiger partial charge in [0.25, 0.3) is 0 Å². The summed E-state index contributed by atoms with van der Waals surface area (Å²) >= 11 is 0. The summed E-state index contributed by atoms with van der Waals surface area (Å²) in [6, 6.07) is 2.05. The number of carbonyl (C=O) groups excluding carboxylic acids is 1. The molecule has 0 fully saturated rings. The van der Waals surface area contributed by atoms with E-state index in [0.29, 0.717) is 5.57 Å². The average molecular weight is 215 g/mol. The van der Waals surface area contributed by atoms with Crippen LogP contribution in [-0.4, -0.2) is 12.1 Å². The van der Waals surface area contributed by atoms with Gasteiger partial charge in [-0.25, -0.2) is 4.79 Å². The van der Waals surface area contributed by atoms with Crippen molar-refractivity contribution in [2.24, 2.45) is 11.8 Å². The van der Waals surface area contributed by atoms with E-state index >= 15 is 0 Å². The Kier molecular flexibility index (Phi) is 2.66. The lowest BCUT2D eigenvalue weighted by atomic mass is 9.87. The maximum absolute atomic E-state index is 11.7. The molecule has 0 spiro atoms. The molecule has 0 saturated carbocycles. The second-order valence-electron chi connectivity index (χ2n) is 4.32. The Morgan fingerprint density at radius 2 is 2.19 bits per heavy atom. The van der Waals surface area contributed by atoms with Crippen molar-refractivity contribution in [3.63, 3.8) is 0 Å². The second kappa shape index (κ2) is 3.97. The summed E-state index contributed by atoms with van der Waals surface area (Å²) in [6.45, 7) is 3.94. The minimum Gasteiger partial charge on any atom is -0.454 e. The van der Waals surface area contributed by atoms with Gasteiger partial charge in [-0.1, -0.05) is 26.0 Å². The van der Waals surface area contributed by atoms with E-state index < -0.39 is 0 Å². The van der Waals surface area contributed by atoms with Gasteiger partial charge in [0, 0.05) is 11.5 Å². The third-order valence-corrected chi connectivity index (χ3v) is 2.82. The van der Waals surface area contributed by atoms with E-state index in [-0.39, 0.29) is 23.9 Å². The first-order valence-electron chi connectivity index (χ1n) is 5.34. The quantitative estimate of drug-likeness (QED) is 0.629. The number of esters is 1. The third kappa shape index (κ3) is 1.79. The van der Waals surface area contributed by atoms with Crippen molar-refractivity contribution in [1.82, 2.24) is 0 Å². The van der Waals surface area contributed by atoms with Crippen LogP contribution in [0.15, 0.2) is 35.5 Å². The van der Waals surface area contributed by atoms with E-state index in [1.165, 1.54) is 0 Å².